The summed E-state index contributed by atoms with van der Waals surface area (Å²) < 4.78 is 11.3. The lowest BCUT2D eigenvalue weighted by Crippen LogP contribution is -2.58. The van der Waals surface area contributed by atoms with Crippen molar-refractivity contribution in [3.8, 4) is 11.1 Å². The van der Waals surface area contributed by atoms with Gasteiger partial charge >= 0.3 is 12.1 Å². The number of amides is 4. The molecule has 0 spiro atoms. The Morgan fingerprint density at radius 1 is 0.611 bits per heavy atom. The molecule has 0 bridgehead atoms. The van der Waals surface area contributed by atoms with E-state index in [0.29, 0.717) is 6.42 Å². The summed E-state index contributed by atoms with van der Waals surface area (Å²) in [5.41, 5.74) is 4.38. The SMILES string of the molecule is CC(C)C[C@H](NC(=O)OCC1c2ccccc2-c2ccccc21)C(=O)N[C@@H](Cc1ccccc1)C(=O)N[C@@H](C)C(=O)N[C@@H](CC(C)C)C(=O)OC(C)(C)C. The first kappa shape index (κ1) is 41.6. The second-order valence-electron chi connectivity index (χ2n) is 15.9. The van der Waals surface area contributed by atoms with Gasteiger partial charge in [-0.15, -0.1) is 0 Å². The van der Waals surface area contributed by atoms with Crippen LogP contribution in [-0.4, -0.2) is 66.2 Å². The third kappa shape index (κ3) is 11.9. The summed E-state index contributed by atoms with van der Waals surface area (Å²) in [4.78, 5) is 67.1. The van der Waals surface area contributed by atoms with Gasteiger partial charge in [-0.3, -0.25) is 14.4 Å². The quantitative estimate of drug-likeness (QED) is 0.131. The van der Waals surface area contributed by atoms with Gasteiger partial charge in [-0.1, -0.05) is 107 Å². The number of benzene rings is 3. The molecule has 11 nitrogen and oxygen atoms in total. The number of hydrogen-bond acceptors (Lipinski definition) is 7. The fraction of sp³-hybridized carbons (Fsp3) is 0.465. The Hall–Kier alpha value is -5.19. The lowest BCUT2D eigenvalue weighted by Gasteiger charge is -2.27. The van der Waals surface area contributed by atoms with Crippen molar-refractivity contribution in [3.05, 3.63) is 95.6 Å². The number of fused-ring (bicyclic) bond motifs is 3. The molecular formula is C43H56N4O7. The fourth-order valence-corrected chi connectivity index (χ4v) is 6.55. The highest BCUT2D eigenvalue weighted by atomic mass is 16.6. The maximum atomic E-state index is 13.9. The maximum absolute atomic E-state index is 13.9. The molecule has 0 saturated carbocycles. The lowest BCUT2D eigenvalue weighted by atomic mass is 9.98. The number of hydrogen-bond donors (Lipinski definition) is 4. The van der Waals surface area contributed by atoms with Crippen molar-refractivity contribution < 1.29 is 33.4 Å². The molecule has 11 heteroatoms. The van der Waals surface area contributed by atoms with E-state index in [-0.39, 0.29) is 37.2 Å². The molecule has 0 aromatic heterocycles. The van der Waals surface area contributed by atoms with Crippen molar-refractivity contribution in [2.45, 2.75) is 110 Å². The van der Waals surface area contributed by atoms with Crippen LogP contribution < -0.4 is 21.3 Å². The molecule has 0 radical (unpaired) electrons. The zero-order chi connectivity index (χ0) is 39.6. The molecule has 3 aromatic carbocycles. The lowest BCUT2D eigenvalue weighted by molar-refractivity contribution is -0.159. The first-order valence-electron chi connectivity index (χ1n) is 18.8. The maximum Gasteiger partial charge on any atom is 0.407 e. The van der Waals surface area contributed by atoms with Crippen molar-refractivity contribution in [2.75, 3.05) is 6.61 Å². The minimum atomic E-state index is -1.09. The minimum absolute atomic E-state index is 0.0171. The molecule has 4 atom stereocenters. The van der Waals surface area contributed by atoms with E-state index in [4.69, 9.17) is 9.47 Å². The van der Waals surface area contributed by atoms with E-state index in [1.54, 1.807) is 20.8 Å². The minimum Gasteiger partial charge on any atom is -0.458 e. The van der Waals surface area contributed by atoms with E-state index < -0.39 is 59.6 Å². The number of esters is 1. The Labute approximate surface area is 319 Å². The molecule has 1 aliphatic carbocycles. The number of nitrogens with one attached hydrogen (secondary N) is 4. The van der Waals surface area contributed by atoms with Crippen LogP contribution in [0.15, 0.2) is 78.9 Å². The van der Waals surface area contributed by atoms with E-state index in [9.17, 15) is 24.0 Å². The number of carbonyl (C=O) groups is 5. The monoisotopic (exact) mass is 740 g/mol. The van der Waals surface area contributed by atoms with Crippen molar-refractivity contribution in [3.63, 3.8) is 0 Å². The topological polar surface area (TPSA) is 152 Å². The Balaban J connectivity index is 1.44. The molecule has 4 rings (SSSR count). The van der Waals surface area contributed by atoms with Crippen molar-refractivity contribution >= 4 is 29.8 Å². The number of alkyl carbamates (subject to hydrolysis) is 1. The molecule has 0 saturated heterocycles. The zero-order valence-corrected chi connectivity index (χ0v) is 32.7. The van der Waals surface area contributed by atoms with Gasteiger partial charge in [0.25, 0.3) is 0 Å². The smallest absolute Gasteiger partial charge is 0.407 e. The largest absolute Gasteiger partial charge is 0.458 e. The van der Waals surface area contributed by atoms with E-state index >= 15 is 0 Å². The molecule has 3 aromatic rings. The summed E-state index contributed by atoms with van der Waals surface area (Å²) in [6.45, 7) is 14.6. The molecule has 0 unspecified atom stereocenters. The Morgan fingerprint density at radius 2 is 1.11 bits per heavy atom. The predicted octanol–water partition coefficient (Wildman–Crippen LogP) is 6.04. The van der Waals surface area contributed by atoms with Gasteiger partial charge in [-0.05, 0) is 80.2 Å². The van der Waals surface area contributed by atoms with Crippen LogP contribution in [-0.2, 0) is 35.1 Å². The van der Waals surface area contributed by atoms with Crippen LogP contribution in [0.3, 0.4) is 0 Å². The van der Waals surface area contributed by atoms with Crippen LogP contribution in [0, 0.1) is 11.8 Å². The highest BCUT2D eigenvalue weighted by Crippen LogP contribution is 2.44. The van der Waals surface area contributed by atoms with Crippen LogP contribution in [0.1, 0.15) is 90.8 Å². The summed E-state index contributed by atoms with van der Waals surface area (Å²) in [7, 11) is 0. The Morgan fingerprint density at radius 3 is 1.67 bits per heavy atom. The Kier molecular flexibility index (Phi) is 14.4. The van der Waals surface area contributed by atoms with Gasteiger partial charge in [0.1, 0.15) is 36.4 Å². The number of carbonyl (C=O) groups excluding carboxylic acids is 5. The van der Waals surface area contributed by atoms with E-state index in [1.165, 1.54) is 6.92 Å². The molecule has 290 valence electrons. The van der Waals surface area contributed by atoms with Gasteiger partial charge in [0.15, 0.2) is 0 Å². The molecule has 0 heterocycles. The van der Waals surface area contributed by atoms with Gasteiger partial charge in [-0.2, -0.15) is 0 Å². The van der Waals surface area contributed by atoms with Crippen LogP contribution in [0.5, 0.6) is 0 Å². The third-order valence-electron chi connectivity index (χ3n) is 9.04. The highest BCUT2D eigenvalue weighted by Gasteiger charge is 2.33. The van der Waals surface area contributed by atoms with Crippen LogP contribution in [0.2, 0.25) is 0 Å². The van der Waals surface area contributed by atoms with E-state index in [1.807, 2.05) is 94.4 Å². The van der Waals surface area contributed by atoms with Gasteiger partial charge in [0.2, 0.25) is 17.7 Å². The molecule has 4 amide bonds. The van der Waals surface area contributed by atoms with E-state index in [0.717, 1.165) is 27.8 Å². The highest BCUT2D eigenvalue weighted by molar-refractivity contribution is 5.95. The molecule has 4 N–H and O–H groups in total. The summed E-state index contributed by atoms with van der Waals surface area (Å²) in [6, 6.07) is 21.2. The van der Waals surface area contributed by atoms with Crippen molar-refractivity contribution in [1.82, 2.24) is 21.3 Å². The van der Waals surface area contributed by atoms with Crippen molar-refractivity contribution in [1.29, 1.82) is 0 Å². The van der Waals surface area contributed by atoms with Crippen LogP contribution in [0.25, 0.3) is 11.1 Å². The van der Waals surface area contributed by atoms with Gasteiger partial charge in [0.05, 0.1) is 0 Å². The molecular weight excluding hydrogens is 684 g/mol. The van der Waals surface area contributed by atoms with Gasteiger partial charge in [-0.25, -0.2) is 9.59 Å². The molecule has 1 aliphatic rings. The second kappa shape index (κ2) is 18.7. The summed E-state index contributed by atoms with van der Waals surface area (Å²) in [5, 5.41) is 11.0. The summed E-state index contributed by atoms with van der Waals surface area (Å²) >= 11 is 0. The third-order valence-corrected chi connectivity index (χ3v) is 9.04. The average Bonchev–Trinajstić information content (AvgIpc) is 3.42. The molecule has 0 aliphatic heterocycles. The first-order chi connectivity index (χ1) is 25.5. The van der Waals surface area contributed by atoms with Crippen LogP contribution in [0.4, 0.5) is 4.79 Å². The summed E-state index contributed by atoms with van der Waals surface area (Å²) in [6.07, 6.45) is 0.0196. The number of ether oxygens (including phenoxy) is 2. The normalized spacial score (nSPS) is 14.6. The average molecular weight is 741 g/mol. The van der Waals surface area contributed by atoms with E-state index in [2.05, 4.69) is 33.4 Å². The van der Waals surface area contributed by atoms with Gasteiger partial charge in [0, 0.05) is 12.3 Å². The number of rotatable bonds is 16. The molecule has 54 heavy (non-hydrogen) atoms. The molecule has 0 fully saturated rings. The van der Waals surface area contributed by atoms with Crippen molar-refractivity contribution in [2.24, 2.45) is 11.8 Å². The Bertz CT molecular complexity index is 1720. The fourth-order valence-electron chi connectivity index (χ4n) is 6.55. The zero-order valence-electron chi connectivity index (χ0n) is 32.7. The standard InChI is InChI=1S/C43H56N4O7/c1-26(2)22-35(47-42(52)53-25-34-32-20-14-12-18-30(32)31-19-13-15-21-33(31)34)40(50)45-36(24-29-16-10-9-11-17-29)39(49)44-28(5)38(48)46-37(23-27(3)4)41(51)54-43(6,7)8/h9-21,26-28,34-37H,22-25H2,1-8H3,(H,44,49)(H,45,50)(H,46,48)(H,47,52)/t28-,35-,36-,37-/m0/s1. The van der Waals surface area contributed by atoms with Gasteiger partial charge < -0.3 is 30.7 Å². The van der Waals surface area contributed by atoms with Crippen LogP contribution >= 0.6 is 0 Å². The first-order valence-corrected chi connectivity index (χ1v) is 18.8. The summed E-state index contributed by atoms with van der Waals surface area (Å²) in [5.74, 6) is -2.34. The predicted molar refractivity (Wildman–Crippen MR) is 208 cm³/mol. The second-order valence-corrected chi connectivity index (χ2v) is 15.9.